The molecular formula is C13H28O3. The Balaban J connectivity index is 3.62. The third-order valence-electron chi connectivity index (χ3n) is 2.40. The molecule has 16 heavy (non-hydrogen) atoms. The van der Waals surface area contributed by atoms with Gasteiger partial charge in [-0.25, -0.2) is 0 Å². The SMILES string of the molecule is CCCOCCC(C)(C)OCCC(C)(C)O. The van der Waals surface area contributed by atoms with E-state index in [-0.39, 0.29) is 5.60 Å². The summed E-state index contributed by atoms with van der Waals surface area (Å²) in [6.07, 6.45) is 2.60. The Morgan fingerprint density at radius 1 is 0.938 bits per heavy atom. The summed E-state index contributed by atoms with van der Waals surface area (Å²) < 4.78 is 11.2. The van der Waals surface area contributed by atoms with Crippen molar-refractivity contribution < 1.29 is 14.6 Å². The van der Waals surface area contributed by atoms with E-state index in [0.29, 0.717) is 13.0 Å². The quantitative estimate of drug-likeness (QED) is 0.621. The second-order valence-corrected chi connectivity index (χ2v) is 5.53. The minimum Gasteiger partial charge on any atom is -0.390 e. The van der Waals surface area contributed by atoms with Crippen molar-refractivity contribution in [3.05, 3.63) is 0 Å². The molecule has 0 saturated carbocycles. The van der Waals surface area contributed by atoms with Crippen molar-refractivity contribution in [1.82, 2.24) is 0 Å². The summed E-state index contributed by atoms with van der Waals surface area (Å²) in [5.41, 5.74) is -0.812. The predicted octanol–water partition coefficient (Wildman–Crippen LogP) is 2.76. The van der Waals surface area contributed by atoms with Gasteiger partial charge < -0.3 is 14.6 Å². The van der Waals surface area contributed by atoms with Crippen LogP contribution in [-0.2, 0) is 9.47 Å². The zero-order valence-corrected chi connectivity index (χ0v) is 11.5. The molecule has 0 aromatic heterocycles. The minimum absolute atomic E-state index is 0.168. The molecule has 0 amide bonds. The first-order chi connectivity index (χ1) is 7.27. The third-order valence-corrected chi connectivity index (χ3v) is 2.40. The van der Waals surface area contributed by atoms with Crippen LogP contribution in [0.5, 0.6) is 0 Å². The van der Waals surface area contributed by atoms with Crippen molar-refractivity contribution in [3.8, 4) is 0 Å². The Bertz CT molecular complexity index is 171. The lowest BCUT2D eigenvalue weighted by molar-refractivity contribution is -0.0611. The molecule has 98 valence electrons. The van der Waals surface area contributed by atoms with Gasteiger partial charge in [0.2, 0.25) is 0 Å². The molecule has 0 aromatic rings. The summed E-state index contributed by atoms with van der Waals surface area (Å²) in [4.78, 5) is 0. The summed E-state index contributed by atoms with van der Waals surface area (Å²) in [6, 6.07) is 0. The molecule has 0 saturated heterocycles. The van der Waals surface area contributed by atoms with E-state index >= 15 is 0 Å². The molecule has 0 heterocycles. The second-order valence-electron chi connectivity index (χ2n) is 5.53. The highest BCUT2D eigenvalue weighted by Gasteiger charge is 2.20. The largest absolute Gasteiger partial charge is 0.390 e. The van der Waals surface area contributed by atoms with Gasteiger partial charge in [-0.15, -0.1) is 0 Å². The van der Waals surface area contributed by atoms with Crippen LogP contribution in [0.15, 0.2) is 0 Å². The lowest BCUT2D eigenvalue weighted by Gasteiger charge is -2.27. The topological polar surface area (TPSA) is 38.7 Å². The van der Waals surface area contributed by atoms with Crippen LogP contribution in [-0.4, -0.2) is 36.1 Å². The monoisotopic (exact) mass is 232 g/mol. The van der Waals surface area contributed by atoms with Crippen LogP contribution in [0.2, 0.25) is 0 Å². The molecule has 0 bridgehead atoms. The predicted molar refractivity (Wildman–Crippen MR) is 66.7 cm³/mol. The molecule has 3 nitrogen and oxygen atoms in total. The van der Waals surface area contributed by atoms with E-state index in [1.807, 2.05) is 0 Å². The van der Waals surface area contributed by atoms with Crippen molar-refractivity contribution in [2.45, 2.75) is 65.1 Å². The fourth-order valence-corrected chi connectivity index (χ4v) is 1.21. The lowest BCUT2D eigenvalue weighted by Crippen LogP contribution is -2.30. The van der Waals surface area contributed by atoms with Crippen LogP contribution in [0.4, 0.5) is 0 Å². The molecule has 0 aliphatic rings. The van der Waals surface area contributed by atoms with Gasteiger partial charge in [0.05, 0.1) is 17.8 Å². The van der Waals surface area contributed by atoms with Gasteiger partial charge in [-0.3, -0.25) is 0 Å². The molecule has 0 atom stereocenters. The Labute approximate surface area is 100 Å². The van der Waals surface area contributed by atoms with Crippen LogP contribution in [0.25, 0.3) is 0 Å². The lowest BCUT2D eigenvalue weighted by atomic mass is 10.0. The summed E-state index contributed by atoms with van der Waals surface area (Å²) >= 11 is 0. The molecule has 0 aromatic carbocycles. The smallest absolute Gasteiger partial charge is 0.0648 e. The number of hydrogen-bond donors (Lipinski definition) is 1. The fraction of sp³-hybridized carbons (Fsp3) is 1.00. The molecule has 3 heteroatoms. The number of rotatable bonds is 9. The van der Waals surface area contributed by atoms with Crippen molar-refractivity contribution in [2.24, 2.45) is 0 Å². The molecule has 0 aliphatic carbocycles. The summed E-state index contributed by atoms with van der Waals surface area (Å²) in [5, 5.41) is 9.56. The van der Waals surface area contributed by atoms with Crippen molar-refractivity contribution in [1.29, 1.82) is 0 Å². The first-order valence-corrected chi connectivity index (χ1v) is 6.21. The first-order valence-electron chi connectivity index (χ1n) is 6.21. The second kappa shape index (κ2) is 7.25. The van der Waals surface area contributed by atoms with E-state index in [9.17, 15) is 5.11 Å². The number of aliphatic hydroxyl groups is 1. The van der Waals surface area contributed by atoms with Crippen LogP contribution in [0, 0.1) is 0 Å². The van der Waals surface area contributed by atoms with Gasteiger partial charge in [-0.05, 0) is 47.0 Å². The van der Waals surface area contributed by atoms with E-state index < -0.39 is 5.60 Å². The fourth-order valence-electron chi connectivity index (χ4n) is 1.21. The third kappa shape index (κ3) is 10.4. The number of hydrogen-bond acceptors (Lipinski definition) is 3. The van der Waals surface area contributed by atoms with Crippen LogP contribution in [0.1, 0.15) is 53.9 Å². The maximum atomic E-state index is 9.56. The van der Waals surface area contributed by atoms with Gasteiger partial charge in [0.25, 0.3) is 0 Å². The van der Waals surface area contributed by atoms with Gasteiger partial charge >= 0.3 is 0 Å². The normalized spacial score (nSPS) is 13.1. The van der Waals surface area contributed by atoms with Gasteiger partial charge in [0.15, 0.2) is 0 Å². The van der Waals surface area contributed by atoms with E-state index in [0.717, 1.165) is 26.1 Å². The van der Waals surface area contributed by atoms with Gasteiger partial charge in [-0.1, -0.05) is 6.92 Å². The van der Waals surface area contributed by atoms with E-state index in [1.54, 1.807) is 13.8 Å². The average Bonchev–Trinajstić information content (AvgIpc) is 2.10. The number of ether oxygens (including phenoxy) is 2. The highest BCUT2D eigenvalue weighted by atomic mass is 16.5. The molecule has 0 radical (unpaired) electrons. The van der Waals surface area contributed by atoms with E-state index in [2.05, 4.69) is 20.8 Å². The molecule has 0 spiro atoms. The summed E-state index contributed by atoms with van der Waals surface area (Å²) in [7, 11) is 0. The van der Waals surface area contributed by atoms with Gasteiger partial charge in [0, 0.05) is 13.2 Å². The van der Waals surface area contributed by atoms with E-state index in [4.69, 9.17) is 9.47 Å². The van der Waals surface area contributed by atoms with Crippen LogP contribution < -0.4 is 0 Å². The summed E-state index contributed by atoms with van der Waals surface area (Å²) in [5.74, 6) is 0. The molecule has 0 aliphatic heterocycles. The highest BCUT2D eigenvalue weighted by Crippen LogP contribution is 2.17. The Hall–Kier alpha value is -0.120. The first kappa shape index (κ1) is 15.9. The highest BCUT2D eigenvalue weighted by molar-refractivity contribution is 4.70. The Morgan fingerprint density at radius 2 is 1.56 bits per heavy atom. The summed E-state index contributed by atoms with van der Waals surface area (Å²) in [6.45, 7) is 12.0. The Morgan fingerprint density at radius 3 is 2.06 bits per heavy atom. The van der Waals surface area contributed by atoms with Gasteiger partial charge in [-0.2, -0.15) is 0 Å². The van der Waals surface area contributed by atoms with E-state index in [1.165, 1.54) is 0 Å². The Kier molecular flexibility index (Phi) is 7.20. The molecule has 0 unspecified atom stereocenters. The molecular weight excluding hydrogens is 204 g/mol. The van der Waals surface area contributed by atoms with Crippen molar-refractivity contribution in [3.63, 3.8) is 0 Å². The molecule has 1 N–H and O–H groups in total. The van der Waals surface area contributed by atoms with Crippen molar-refractivity contribution in [2.75, 3.05) is 19.8 Å². The maximum absolute atomic E-state index is 9.56. The van der Waals surface area contributed by atoms with Gasteiger partial charge in [0.1, 0.15) is 0 Å². The standard InChI is InChI=1S/C13H28O3/c1-6-9-15-10-8-13(4,5)16-11-7-12(2,3)14/h14H,6-11H2,1-5H3. The van der Waals surface area contributed by atoms with Crippen LogP contribution >= 0.6 is 0 Å². The molecule has 0 fully saturated rings. The average molecular weight is 232 g/mol. The van der Waals surface area contributed by atoms with Crippen LogP contribution in [0.3, 0.4) is 0 Å². The molecule has 0 rings (SSSR count). The van der Waals surface area contributed by atoms with Crippen molar-refractivity contribution >= 4 is 0 Å². The zero-order valence-electron chi connectivity index (χ0n) is 11.5. The minimum atomic E-state index is -0.644. The zero-order chi connectivity index (χ0) is 12.7. The maximum Gasteiger partial charge on any atom is 0.0648 e.